The van der Waals surface area contributed by atoms with Gasteiger partial charge < -0.3 is 30.3 Å². The van der Waals surface area contributed by atoms with E-state index in [0.717, 1.165) is 79.5 Å². The van der Waals surface area contributed by atoms with Gasteiger partial charge in [-0.05, 0) is 66.6 Å². The second kappa shape index (κ2) is 11.7. The summed E-state index contributed by atoms with van der Waals surface area (Å²) in [5.74, 6) is 2.22. The molecule has 0 spiro atoms. The molecule has 2 aliphatic heterocycles. The summed E-state index contributed by atoms with van der Waals surface area (Å²) in [4.78, 5) is 21.9. The number of anilines is 3. The molecule has 4 rings (SSSR count). The number of hydrogen-bond donors (Lipinski definition) is 3. The molecule has 2 amide bonds. The second-order valence-electron chi connectivity index (χ2n) is 9.60. The molecule has 1 aromatic heterocycles. The number of morpholine rings is 1. The van der Waals surface area contributed by atoms with Crippen molar-refractivity contribution >= 4 is 23.4 Å². The molecule has 2 aliphatic rings. The first-order valence-electron chi connectivity index (χ1n) is 12.9. The predicted octanol–water partition coefficient (Wildman–Crippen LogP) is 4.34. The quantitative estimate of drug-likeness (QED) is 0.520. The Morgan fingerprint density at radius 1 is 1.20 bits per heavy atom. The lowest BCUT2D eigenvalue weighted by Gasteiger charge is -2.29. The zero-order valence-electron chi connectivity index (χ0n) is 21.2. The molecule has 0 radical (unpaired) electrons. The van der Waals surface area contributed by atoms with Gasteiger partial charge >= 0.3 is 6.03 Å². The number of carbonyl (C=O) groups is 1. The zero-order chi connectivity index (χ0) is 24.8. The molecule has 8 heteroatoms. The number of hydrogen-bond acceptors (Lipinski definition) is 6. The number of nitrogens with zero attached hydrogens (tertiary/aromatic N) is 3. The van der Waals surface area contributed by atoms with Crippen LogP contribution in [0.15, 0.2) is 30.3 Å². The molecule has 0 bridgehead atoms. The summed E-state index contributed by atoms with van der Waals surface area (Å²) in [7, 11) is 0. The third kappa shape index (κ3) is 6.24. The maximum Gasteiger partial charge on any atom is 0.321 e. The van der Waals surface area contributed by atoms with Gasteiger partial charge in [-0.25, -0.2) is 9.78 Å². The van der Waals surface area contributed by atoms with Crippen molar-refractivity contribution in [2.75, 3.05) is 61.5 Å². The molecule has 2 aromatic rings. The molecule has 190 valence electrons. The Bertz CT molecular complexity index is 1000. The highest BCUT2D eigenvalue weighted by Crippen LogP contribution is 2.32. The molecule has 0 saturated carbocycles. The minimum Gasteiger partial charge on any atom is -0.394 e. The first kappa shape index (κ1) is 25.3. The topological polar surface area (TPSA) is 90.0 Å². The van der Waals surface area contributed by atoms with Crippen LogP contribution in [-0.2, 0) is 4.74 Å². The first-order valence-corrected chi connectivity index (χ1v) is 12.9. The van der Waals surface area contributed by atoms with Gasteiger partial charge in [-0.3, -0.25) is 0 Å². The van der Waals surface area contributed by atoms with E-state index in [-0.39, 0.29) is 18.7 Å². The summed E-state index contributed by atoms with van der Waals surface area (Å²) in [6.07, 6.45) is 2.98. The van der Waals surface area contributed by atoms with E-state index >= 15 is 0 Å². The fourth-order valence-corrected chi connectivity index (χ4v) is 4.75. The van der Waals surface area contributed by atoms with E-state index < -0.39 is 0 Å². The smallest absolute Gasteiger partial charge is 0.321 e. The van der Waals surface area contributed by atoms with Gasteiger partial charge in [0.1, 0.15) is 11.6 Å². The van der Waals surface area contributed by atoms with Crippen LogP contribution in [0.4, 0.5) is 22.1 Å². The number of pyridine rings is 1. The van der Waals surface area contributed by atoms with Crippen LogP contribution in [0.2, 0.25) is 0 Å². The van der Waals surface area contributed by atoms with Crippen LogP contribution in [0, 0.1) is 12.8 Å². The molecular weight excluding hydrogens is 442 g/mol. The number of urea groups is 1. The number of amides is 2. The van der Waals surface area contributed by atoms with Crippen LogP contribution in [0.3, 0.4) is 0 Å². The number of carbonyl (C=O) groups excluding carboxylic acids is 1. The lowest BCUT2D eigenvalue weighted by molar-refractivity contribution is 0.122. The number of benzene rings is 1. The zero-order valence-corrected chi connectivity index (χ0v) is 21.2. The summed E-state index contributed by atoms with van der Waals surface area (Å²) < 4.78 is 5.53. The third-order valence-electron chi connectivity index (χ3n) is 7.16. The fourth-order valence-electron chi connectivity index (χ4n) is 4.75. The Balaban J connectivity index is 1.62. The highest BCUT2D eigenvalue weighted by Gasteiger charge is 2.25. The minimum atomic E-state index is -0.0607. The molecule has 2 saturated heterocycles. The average Bonchev–Trinajstić information content (AvgIpc) is 3.38. The summed E-state index contributed by atoms with van der Waals surface area (Å²) in [5.41, 5.74) is 3.98. The largest absolute Gasteiger partial charge is 0.394 e. The fraction of sp³-hybridized carbons (Fsp3) is 0.556. The Labute approximate surface area is 208 Å². The average molecular weight is 482 g/mol. The van der Waals surface area contributed by atoms with Gasteiger partial charge in [-0.1, -0.05) is 26.3 Å². The number of aryl methyl sites for hydroxylation is 1. The van der Waals surface area contributed by atoms with Gasteiger partial charge in [0.05, 0.1) is 25.9 Å². The Kier molecular flexibility index (Phi) is 8.46. The highest BCUT2D eigenvalue weighted by atomic mass is 16.5. The molecule has 35 heavy (non-hydrogen) atoms. The molecule has 0 aliphatic carbocycles. The van der Waals surface area contributed by atoms with Crippen molar-refractivity contribution in [3.63, 3.8) is 0 Å². The van der Waals surface area contributed by atoms with Crippen LogP contribution in [0.5, 0.6) is 0 Å². The van der Waals surface area contributed by atoms with Crippen LogP contribution in [0.1, 0.15) is 38.7 Å². The lowest BCUT2D eigenvalue weighted by Crippen LogP contribution is -2.37. The molecule has 1 aromatic carbocycles. The molecule has 0 unspecified atom stereocenters. The predicted molar refractivity (Wildman–Crippen MR) is 141 cm³/mol. The van der Waals surface area contributed by atoms with E-state index in [4.69, 9.17) is 9.72 Å². The lowest BCUT2D eigenvalue weighted by atomic mass is 10.00. The number of aliphatic hydroxyl groups is 1. The summed E-state index contributed by atoms with van der Waals surface area (Å²) >= 11 is 0. The van der Waals surface area contributed by atoms with E-state index in [1.165, 1.54) is 0 Å². The van der Waals surface area contributed by atoms with Crippen LogP contribution in [-0.4, -0.2) is 73.1 Å². The van der Waals surface area contributed by atoms with Gasteiger partial charge in [0.15, 0.2) is 0 Å². The van der Waals surface area contributed by atoms with Gasteiger partial charge in [-0.15, -0.1) is 0 Å². The Morgan fingerprint density at radius 3 is 2.69 bits per heavy atom. The molecule has 3 N–H and O–H groups in total. The van der Waals surface area contributed by atoms with Crippen LogP contribution in [0.25, 0.3) is 11.1 Å². The van der Waals surface area contributed by atoms with E-state index in [0.29, 0.717) is 19.1 Å². The third-order valence-corrected chi connectivity index (χ3v) is 7.16. The van der Waals surface area contributed by atoms with E-state index in [1.54, 1.807) is 0 Å². The summed E-state index contributed by atoms with van der Waals surface area (Å²) in [6, 6.07) is 10.1. The van der Waals surface area contributed by atoms with E-state index in [2.05, 4.69) is 35.4 Å². The Morgan fingerprint density at radius 2 is 2.00 bits per heavy atom. The Hall–Kier alpha value is -2.84. The van der Waals surface area contributed by atoms with Gasteiger partial charge in [0.25, 0.3) is 0 Å². The molecule has 3 heterocycles. The van der Waals surface area contributed by atoms with E-state index in [9.17, 15) is 9.90 Å². The number of likely N-dealkylation sites (tertiary alicyclic amines) is 1. The minimum absolute atomic E-state index is 0.0319. The number of ether oxygens (including phenoxy) is 1. The van der Waals surface area contributed by atoms with Crippen molar-refractivity contribution in [3.05, 3.63) is 35.9 Å². The second-order valence-corrected chi connectivity index (χ2v) is 9.60. The molecule has 8 nitrogen and oxygen atoms in total. The number of aliphatic hydroxyl groups excluding tert-OH is 1. The van der Waals surface area contributed by atoms with Crippen LogP contribution >= 0.6 is 0 Å². The molecular formula is C27H39N5O3. The maximum atomic E-state index is 12.9. The SMILES string of the molecule is CC[C@@H]1CCN(C(=O)Nc2ccc(C)c(-c3cc(N[C@H](CC)CO)nc(N4CCOCC4)c3)c2)C1. The van der Waals surface area contributed by atoms with Crippen molar-refractivity contribution in [2.45, 2.75) is 46.1 Å². The van der Waals surface area contributed by atoms with Crippen molar-refractivity contribution in [1.82, 2.24) is 9.88 Å². The van der Waals surface area contributed by atoms with E-state index in [1.807, 2.05) is 36.1 Å². The summed E-state index contributed by atoms with van der Waals surface area (Å²) in [5, 5.41) is 16.2. The van der Waals surface area contributed by atoms with Crippen molar-refractivity contribution < 1.29 is 14.6 Å². The van der Waals surface area contributed by atoms with Crippen molar-refractivity contribution in [1.29, 1.82) is 0 Å². The molecule has 2 atom stereocenters. The first-order chi connectivity index (χ1) is 17.0. The normalized spacial score (nSPS) is 19.0. The number of rotatable bonds is 8. The van der Waals surface area contributed by atoms with Gasteiger partial charge in [0, 0.05) is 31.9 Å². The number of nitrogens with one attached hydrogen (secondary N) is 2. The standard InChI is InChI=1S/C27H39N5O3/c1-4-20-8-9-32(17-20)27(34)29-23-7-6-19(3)24(16-23)21-14-25(28-22(5-2)18-33)30-26(15-21)31-10-12-35-13-11-31/h6-7,14-16,20,22,33H,4-5,8-13,17-18H2,1-3H3,(H,28,30)(H,29,34)/t20-,22-/m1/s1. The van der Waals surface area contributed by atoms with Crippen molar-refractivity contribution in [2.24, 2.45) is 5.92 Å². The maximum absolute atomic E-state index is 12.9. The van der Waals surface area contributed by atoms with Gasteiger partial charge in [0.2, 0.25) is 0 Å². The molecule has 2 fully saturated rings. The van der Waals surface area contributed by atoms with Crippen molar-refractivity contribution in [3.8, 4) is 11.1 Å². The van der Waals surface area contributed by atoms with Gasteiger partial charge in [-0.2, -0.15) is 0 Å². The highest BCUT2D eigenvalue weighted by molar-refractivity contribution is 5.91. The monoisotopic (exact) mass is 481 g/mol. The summed E-state index contributed by atoms with van der Waals surface area (Å²) in [6.45, 7) is 10.9. The van der Waals surface area contributed by atoms with Crippen LogP contribution < -0.4 is 15.5 Å². The number of aromatic nitrogens is 1.